The SMILES string of the molecule is CC(C)CNC(=O)c1cc(CN(Cc2ccncc2)C(=O)c2cc(F)cc(F)c2)on1. The van der Waals surface area contributed by atoms with E-state index in [-0.39, 0.29) is 41.9 Å². The first-order valence-corrected chi connectivity index (χ1v) is 9.70. The Balaban J connectivity index is 1.82. The maximum Gasteiger partial charge on any atom is 0.273 e. The second-order valence-corrected chi connectivity index (χ2v) is 7.46. The highest BCUT2D eigenvalue weighted by Crippen LogP contribution is 2.17. The summed E-state index contributed by atoms with van der Waals surface area (Å²) in [5.74, 6) is -2.16. The van der Waals surface area contributed by atoms with Crippen molar-refractivity contribution < 1.29 is 22.9 Å². The van der Waals surface area contributed by atoms with E-state index < -0.39 is 17.5 Å². The van der Waals surface area contributed by atoms with Gasteiger partial charge < -0.3 is 14.7 Å². The van der Waals surface area contributed by atoms with Gasteiger partial charge in [-0.1, -0.05) is 19.0 Å². The summed E-state index contributed by atoms with van der Waals surface area (Å²) < 4.78 is 32.5. The molecule has 0 radical (unpaired) electrons. The third kappa shape index (κ3) is 6.18. The summed E-state index contributed by atoms with van der Waals surface area (Å²) >= 11 is 0. The van der Waals surface area contributed by atoms with Crippen LogP contribution in [0, 0.1) is 17.6 Å². The molecule has 7 nitrogen and oxygen atoms in total. The molecule has 0 aliphatic carbocycles. The van der Waals surface area contributed by atoms with E-state index in [4.69, 9.17) is 4.52 Å². The average molecular weight is 428 g/mol. The molecule has 0 aliphatic heterocycles. The van der Waals surface area contributed by atoms with E-state index in [0.717, 1.165) is 17.7 Å². The molecule has 162 valence electrons. The van der Waals surface area contributed by atoms with Crippen LogP contribution in [0.15, 0.2) is 53.3 Å². The molecule has 3 rings (SSSR count). The molecule has 1 N–H and O–H groups in total. The number of nitrogens with one attached hydrogen (secondary N) is 1. The standard InChI is InChI=1S/C22H22F2N4O3/c1-14(2)11-26-21(29)20-10-19(31-27-20)13-28(12-15-3-5-25-6-4-15)22(30)16-7-17(23)9-18(24)8-16/h3-10,14H,11-13H2,1-2H3,(H,26,29). The number of benzene rings is 1. The zero-order valence-corrected chi connectivity index (χ0v) is 17.1. The van der Waals surface area contributed by atoms with Crippen LogP contribution in [0.1, 0.15) is 46.0 Å². The maximum absolute atomic E-state index is 13.6. The Morgan fingerprint density at radius 2 is 1.74 bits per heavy atom. The molecular weight excluding hydrogens is 406 g/mol. The lowest BCUT2D eigenvalue weighted by molar-refractivity contribution is 0.0712. The Bertz CT molecular complexity index is 1030. The Hall–Kier alpha value is -3.62. The first-order valence-electron chi connectivity index (χ1n) is 9.70. The van der Waals surface area contributed by atoms with Crippen LogP contribution in [0.4, 0.5) is 8.78 Å². The number of carbonyl (C=O) groups excluding carboxylic acids is 2. The smallest absolute Gasteiger partial charge is 0.273 e. The van der Waals surface area contributed by atoms with E-state index in [0.29, 0.717) is 12.6 Å². The summed E-state index contributed by atoms with van der Waals surface area (Å²) in [4.78, 5) is 30.5. The molecule has 31 heavy (non-hydrogen) atoms. The predicted octanol–water partition coefficient (Wildman–Crippen LogP) is 3.58. The van der Waals surface area contributed by atoms with Crippen molar-refractivity contribution >= 4 is 11.8 Å². The molecule has 1 aromatic carbocycles. The van der Waals surface area contributed by atoms with E-state index in [1.807, 2.05) is 13.8 Å². The van der Waals surface area contributed by atoms with Gasteiger partial charge in [0.25, 0.3) is 11.8 Å². The normalized spacial score (nSPS) is 10.9. The van der Waals surface area contributed by atoms with Gasteiger partial charge in [-0.05, 0) is 35.7 Å². The molecule has 0 unspecified atom stereocenters. The van der Waals surface area contributed by atoms with Gasteiger partial charge in [0.2, 0.25) is 0 Å². The van der Waals surface area contributed by atoms with Crippen LogP contribution in [0.2, 0.25) is 0 Å². The van der Waals surface area contributed by atoms with Gasteiger partial charge in [-0.2, -0.15) is 0 Å². The molecule has 3 aromatic rings. The van der Waals surface area contributed by atoms with Crippen LogP contribution in [-0.4, -0.2) is 33.4 Å². The minimum atomic E-state index is -0.851. The van der Waals surface area contributed by atoms with Gasteiger partial charge in [-0.25, -0.2) is 8.78 Å². The Morgan fingerprint density at radius 3 is 2.39 bits per heavy atom. The molecular formula is C22H22F2N4O3. The maximum atomic E-state index is 13.6. The quantitative estimate of drug-likeness (QED) is 0.593. The zero-order chi connectivity index (χ0) is 22.4. The number of hydrogen-bond acceptors (Lipinski definition) is 5. The molecule has 2 aromatic heterocycles. The van der Waals surface area contributed by atoms with Crippen LogP contribution < -0.4 is 5.32 Å². The lowest BCUT2D eigenvalue weighted by atomic mass is 10.1. The van der Waals surface area contributed by atoms with Crippen molar-refractivity contribution in [2.45, 2.75) is 26.9 Å². The van der Waals surface area contributed by atoms with Crippen molar-refractivity contribution in [2.75, 3.05) is 6.54 Å². The number of aromatic nitrogens is 2. The summed E-state index contributed by atoms with van der Waals surface area (Å²) in [7, 11) is 0. The summed E-state index contributed by atoms with van der Waals surface area (Å²) in [5, 5.41) is 6.49. The summed E-state index contributed by atoms with van der Waals surface area (Å²) in [5.41, 5.74) is 0.708. The number of nitrogens with zero attached hydrogens (tertiary/aromatic N) is 3. The Kier molecular flexibility index (Phi) is 7.07. The molecule has 0 aliphatic rings. The Morgan fingerprint density at radius 1 is 1.06 bits per heavy atom. The minimum absolute atomic E-state index is 0.0518. The van der Waals surface area contributed by atoms with E-state index in [9.17, 15) is 18.4 Å². The monoisotopic (exact) mass is 428 g/mol. The molecule has 2 amide bonds. The van der Waals surface area contributed by atoms with Crippen molar-refractivity contribution in [3.05, 3.63) is 83.0 Å². The lowest BCUT2D eigenvalue weighted by Crippen LogP contribution is -2.30. The largest absolute Gasteiger partial charge is 0.359 e. The third-order valence-electron chi connectivity index (χ3n) is 4.33. The van der Waals surface area contributed by atoms with Gasteiger partial charge in [-0.3, -0.25) is 14.6 Å². The van der Waals surface area contributed by atoms with Gasteiger partial charge in [0.15, 0.2) is 11.5 Å². The average Bonchev–Trinajstić information content (AvgIpc) is 3.19. The van der Waals surface area contributed by atoms with Crippen molar-refractivity contribution in [1.29, 1.82) is 0 Å². The molecule has 0 saturated heterocycles. The second-order valence-electron chi connectivity index (χ2n) is 7.46. The van der Waals surface area contributed by atoms with Gasteiger partial charge in [0.05, 0.1) is 6.54 Å². The number of pyridine rings is 1. The van der Waals surface area contributed by atoms with Crippen molar-refractivity contribution in [3.63, 3.8) is 0 Å². The number of amides is 2. The van der Waals surface area contributed by atoms with Crippen molar-refractivity contribution in [1.82, 2.24) is 20.4 Å². The molecule has 0 fully saturated rings. The number of rotatable bonds is 8. The lowest BCUT2D eigenvalue weighted by Gasteiger charge is -2.21. The summed E-state index contributed by atoms with van der Waals surface area (Å²) in [6.45, 7) is 4.50. The van der Waals surface area contributed by atoms with E-state index in [1.165, 1.54) is 11.0 Å². The molecule has 2 heterocycles. The fraction of sp³-hybridized carbons (Fsp3) is 0.273. The van der Waals surface area contributed by atoms with Gasteiger partial charge in [0.1, 0.15) is 11.6 Å². The van der Waals surface area contributed by atoms with Crippen LogP contribution in [0.3, 0.4) is 0 Å². The molecule has 0 bridgehead atoms. The fourth-order valence-corrected chi connectivity index (χ4v) is 2.84. The topological polar surface area (TPSA) is 88.3 Å². The highest BCUT2D eigenvalue weighted by atomic mass is 19.1. The van der Waals surface area contributed by atoms with Crippen molar-refractivity contribution in [2.24, 2.45) is 5.92 Å². The van der Waals surface area contributed by atoms with Crippen molar-refractivity contribution in [3.8, 4) is 0 Å². The highest BCUT2D eigenvalue weighted by molar-refractivity contribution is 5.94. The first-order chi connectivity index (χ1) is 14.8. The minimum Gasteiger partial charge on any atom is -0.359 e. The third-order valence-corrected chi connectivity index (χ3v) is 4.33. The van der Waals surface area contributed by atoms with Gasteiger partial charge >= 0.3 is 0 Å². The van der Waals surface area contributed by atoms with Gasteiger partial charge in [0, 0.05) is 43.2 Å². The zero-order valence-electron chi connectivity index (χ0n) is 17.1. The number of hydrogen-bond donors (Lipinski definition) is 1. The van der Waals surface area contributed by atoms with Crippen LogP contribution >= 0.6 is 0 Å². The van der Waals surface area contributed by atoms with Crippen LogP contribution in [0.25, 0.3) is 0 Å². The second kappa shape index (κ2) is 9.92. The van der Waals surface area contributed by atoms with Crippen LogP contribution in [-0.2, 0) is 13.1 Å². The molecule has 0 spiro atoms. The highest BCUT2D eigenvalue weighted by Gasteiger charge is 2.21. The molecule has 9 heteroatoms. The Labute approximate surface area is 178 Å². The summed E-state index contributed by atoms with van der Waals surface area (Å²) in [6.07, 6.45) is 3.15. The summed E-state index contributed by atoms with van der Waals surface area (Å²) in [6, 6.07) is 7.51. The number of halogens is 2. The first kappa shape index (κ1) is 22.1. The molecule has 0 saturated carbocycles. The van der Waals surface area contributed by atoms with E-state index in [2.05, 4.69) is 15.5 Å². The van der Waals surface area contributed by atoms with E-state index >= 15 is 0 Å². The van der Waals surface area contributed by atoms with E-state index in [1.54, 1.807) is 24.5 Å². The van der Waals surface area contributed by atoms with Gasteiger partial charge in [-0.15, -0.1) is 0 Å². The number of carbonyl (C=O) groups is 2. The fourth-order valence-electron chi connectivity index (χ4n) is 2.84. The predicted molar refractivity (Wildman–Crippen MR) is 108 cm³/mol. The van der Waals surface area contributed by atoms with Crippen LogP contribution in [0.5, 0.6) is 0 Å². The molecule has 0 atom stereocenters.